The lowest BCUT2D eigenvalue weighted by molar-refractivity contribution is 0.602. The van der Waals surface area contributed by atoms with Crippen molar-refractivity contribution in [3.8, 4) is 6.07 Å². The highest BCUT2D eigenvalue weighted by Gasteiger charge is 2.14. The van der Waals surface area contributed by atoms with Crippen LogP contribution in [0.1, 0.15) is 17.0 Å². The fourth-order valence-corrected chi connectivity index (χ4v) is 2.40. The van der Waals surface area contributed by atoms with Gasteiger partial charge in [0, 0.05) is 18.6 Å². The van der Waals surface area contributed by atoms with Crippen molar-refractivity contribution in [2.24, 2.45) is 0 Å². The zero-order valence-electron chi connectivity index (χ0n) is 9.79. The van der Waals surface area contributed by atoms with Gasteiger partial charge in [0.1, 0.15) is 0 Å². The summed E-state index contributed by atoms with van der Waals surface area (Å²) in [5.41, 5.74) is 1.65. The van der Waals surface area contributed by atoms with E-state index in [0.29, 0.717) is 0 Å². The summed E-state index contributed by atoms with van der Waals surface area (Å²) in [7, 11) is -3.19. The Balaban J connectivity index is 2.38. The van der Waals surface area contributed by atoms with Gasteiger partial charge in [0.25, 0.3) is 0 Å². The maximum absolute atomic E-state index is 11.3. The van der Waals surface area contributed by atoms with Gasteiger partial charge in [-0.2, -0.15) is 5.26 Å². The number of hydrogen-bond acceptors (Lipinski definition) is 3. The molecule has 92 valence electrons. The van der Waals surface area contributed by atoms with E-state index in [0.717, 1.165) is 17.4 Å². The molecule has 2 rings (SSSR count). The lowest BCUT2D eigenvalue weighted by atomic mass is 9.95. The van der Waals surface area contributed by atoms with Gasteiger partial charge in [-0.05, 0) is 29.3 Å². The molecule has 2 aromatic rings. The summed E-state index contributed by atoms with van der Waals surface area (Å²) in [6, 6.07) is 10.5. The first-order valence-electron chi connectivity index (χ1n) is 5.34. The van der Waals surface area contributed by atoms with E-state index in [1.54, 1.807) is 24.5 Å². The number of aromatic amines is 1. The molecule has 1 atom stereocenters. The number of sulfone groups is 1. The summed E-state index contributed by atoms with van der Waals surface area (Å²) in [5.74, 6) is -0.384. The van der Waals surface area contributed by atoms with Crippen molar-refractivity contribution in [2.45, 2.75) is 10.8 Å². The molecule has 0 saturated heterocycles. The lowest BCUT2D eigenvalue weighted by Gasteiger charge is -2.08. The first-order valence-corrected chi connectivity index (χ1v) is 7.24. The fraction of sp³-hybridized carbons (Fsp3) is 0.154. The van der Waals surface area contributed by atoms with Crippen LogP contribution in [0.2, 0.25) is 0 Å². The van der Waals surface area contributed by atoms with Gasteiger partial charge in [-0.15, -0.1) is 0 Å². The molecule has 1 aromatic carbocycles. The van der Waals surface area contributed by atoms with Gasteiger partial charge in [0.15, 0.2) is 9.84 Å². The third-order valence-electron chi connectivity index (χ3n) is 2.73. The molecule has 0 saturated carbocycles. The van der Waals surface area contributed by atoms with E-state index in [9.17, 15) is 13.7 Å². The Bertz CT molecular complexity index is 665. The second kappa shape index (κ2) is 4.67. The Hall–Kier alpha value is -2.06. The first-order chi connectivity index (χ1) is 8.52. The van der Waals surface area contributed by atoms with Crippen LogP contribution < -0.4 is 0 Å². The Morgan fingerprint density at radius 2 is 1.83 bits per heavy atom. The highest BCUT2D eigenvalue weighted by molar-refractivity contribution is 7.90. The summed E-state index contributed by atoms with van der Waals surface area (Å²) >= 11 is 0. The molecular weight excluding hydrogens is 248 g/mol. The summed E-state index contributed by atoms with van der Waals surface area (Å²) in [6.07, 6.45) is 4.68. The average molecular weight is 260 g/mol. The first kappa shape index (κ1) is 12.4. The highest BCUT2D eigenvalue weighted by atomic mass is 32.2. The summed E-state index contributed by atoms with van der Waals surface area (Å²) < 4.78 is 22.7. The third kappa shape index (κ3) is 2.44. The molecule has 0 aliphatic heterocycles. The van der Waals surface area contributed by atoms with Crippen LogP contribution in [-0.4, -0.2) is 19.7 Å². The van der Waals surface area contributed by atoms with Crippen molar-refractivity contribution in [2.75, 3.05) is 6.26 Å². The minimum Gasteiger partial charge on any atom is -0.367 e. The molecule has 1 heterocycles. The zero-order chi connectivity index (χ0) is 13.2. The average Bonchev–Trinajstić information content (AvgIpc) is 2.83. The minimum atomic E-state index is -3.19. The monoisotopic (exact) mass is 260 g/mol. The zero-order valence-corrected chi connectivity index (χ0v) is 10.6. The van der Waals surface area contributed by atoms with Gasteiger partial charge in [0.2, 0.25) is 0 Å². The molecular formula is C13H12N2O2S. The van der Waals surface area contributed by atoms with Crippen molar-refractivity contribution < 1.29 is 8.42 Å². The predicted molar refractivity (Wildman–Crippen MR) is 67.8 cm³/mol. The molecule has 4 nitrogen and oxygen atoms in total. The third-order valence-corrected chi connectivity index (χ3v) is 3.85. The van der Waals surface area contributed by atoms with Gasteiger partial charge >= 0.3 is 0 Å². The molecule has 1 unspecified atom stereocenters. The number of H-pyrrole nitrogens is 1. The van der Waals surface area contributed by atoms with Crippen LogP contribution in [0.4, 0.5) is 0 Å². The van der Waals surface area contributed by atoms with Gasteiger partial charge in [-0.1, -0.05) is 12.1 Å². The fourth-order valence-electron chi connectivity index (χ4n) is 1.77. The lowest BCUT2D eigenvalue weighted by Crippen LogP contribution is -2.00. The second-order valence-electron chi connectivity index (χ2n) is 4.05. The molecule has 5 heteroatoms. The molecule has 1 aromatic heterocycles. The maximum Gasteiger partial charge on any atom is 0.175 e. The van der Waals surface area contributed by atoms with E-state index in [-0.39, 0.29) is 10.8 Å². The Labute approximate surface area is 106 Å². The van der Waals surface area contributed by atoms with Crippen LogP contribution in [0, 0.1) is 11.3 Å². The number of aromatic nitrogens is 1. The molecule has 0 aliphatic rings. The SMILES string of the molecule is CS(=O)(=O)c1ccc(C(C#N)c2cc[nH]c2)cc1. The van der Waals surface area contributed by atoms with Crippen LogP contribution in [-0.2, 0) is 9.84 Å². The maximum atomic E-state index is 11.3. The van der Waals surface area contributed by atoms with Crippen LogP contribution >= 0.6 is 0 Å². The summed E-state index contributed by atoms with van der Waals surface area (Å²) in [4.78, 5) is 3.16. The van der Waals surface area contributed by atoms with Crippen molar-refractivity contribution in [1.82, 2.24) is 4.98 Å². The predicted octanol–water partition coefficient (Wildman–Crippen LogP) is 2.07. The van der Waals surface area contributed by atoms with E-state index in [2.05, 4.69) is 11.1 Å². The Morgan fingerprint density at radius 1 is 1.17 bits per heavy atom. The van der Waals surface area contributed by atoms with E-state index in [4.69, 9.17) is 0 Å². The van der Waals surface area contributed by atoms with Gasteiger partial charge < -0.3 is 4.98 Å². The van der Waals surface area contributed by atoms with E-state index in [1.807, 2.05) is 6.07 Å². The second-order valence-corrected chi connectivity index (χ2v) is 6.06. The van der Waals surface area contributed by atoms with Gasteiger partial charge in [-0.25, -0.2) is 8.42 Å². The van der Waals surface area contributed by atoms with Crippen molar-refractivity contribution in [1.29, 1.82) is 5.26 Å². The molecule has 0 bridgehead atoms. The summed E-state index contributed by atoms with van der Waals surface area (Å²) in [5, 5.41) is 9.20. The number of nitrogens with zero attached hydrogens (tertiary/aromatic N) is 1. The van der Waals surface area contributed by atoms with Crippen molar-refractivity contribution >= 4 is 9.84 Å². The molecule has 0 fully saturated rings. The van der Waals surface area contributed by atoms with Crippen LogP contribution in [0.15, 0.2) is 47.6 Å². The standard InChI is InChI=1S/C13H12N2O2S/c1-18(16,17)12-4-2-10(3-5-12)13(8-14)11-6-7-15-9-11/h2-7,9,13,15H,1H3. The molecule has 0 spiro atoms. The van der Waals surface area contributed by atoms with Gasteiger partial charge in [0.05, 0.1) is 16.9 Å². The van der Waals surface area contributed by atoms with Crippen molar-refractivity contribution in [3.63, 3.8) is 0 Å². The van der Waals surface area contributed by atoms with E-state index < -0.39 is 9.84 Å². The Kier molecular flexibility index (Phi) is 3.21. The van der Waals surface area contributed by atoms with E-state index in [1.165, 1.54) is 12.1 Å². The van der Waals surface area contributed by atoms with E-state index >= 15 is 0 Å². The Morgan fingerprint density at radius 3 is 2.28 bits per heavy atom. The normalized spacial score (nSPS) is 12.9. The van der Waals surface area contributed by atoms with Gasteiger partial charge in [-0.3, -0.25) is 0 Å². The number of hydrogen-bond donors (Lipinski definition) is 1. The number of nitriles is 1. The van der Waals surface area contributed by atoms with Crippen LogP contribution in [0.25, 0.3) is 0 Å². The van der Waals surface area contributed by atoms with Crippen LogP contribution in [0.5, 0.6) is 0 Å². The van der Waals surface area contributed by atoms with Crippen LogP contribution in [0.3, 0.4) is 0 Å². The summed E-state index contributed by atoms with van der Waals surface area (Å²) in [6.45, 7) is 0. The molecule has 0 aliphatic carbocycles. The number of rotatable bonds is 3. The topological polar surface area (TPSA) is 73.7 Å². The highest BCUT2D eigenvalue weighted by Crippen LogP contribution is 2.24. The number of nitrogens with one attached hydrogen (secondary N) is 1. The minimum absolute atomic E-state index is 0.261. The molecule has 0 radical (unpaired) electrons. The largest absolute Gasteiger partial charge is 0.367 e. The quantitative estimate of drug-likeness (QED) is 0.918. The molecule has 1 N–H and O–H groups in total. The smallest absolute Gasteiger partial charge is 0.175 e. The number of benzene rings is 1. The molecule has 18 heavy (non-hydrogen) atoms. The van der Waals surface area contributed by atoms with Crippen molar-refractivity contribution in [3.05, 3.63) is 53.9 Å². The molecule has 0 amide bonds.